The van der Waals surface area contributed by atoms with E-state index in [4.69, 9.17) is 0 Å². The molecule has 1 aromatic carbocycles. The topological polar surface area (TPSA) is 77.8 Å². The molecule has 7 heteroatoms. The van der Waals surface area contributed by atoms with Crippen molar-refractivity contribution in [2.24, 2.45) is 0 Å². The predicted molar refractivity (Wildman–Crippen MR) is 64.9 cm³/mol. The van der Waals surface area contributed by atoms with Gasteiger partial charge < -0.3 is 10.2 Å². The zero-order chi connectivity index (χ0) is 12.6. The van der Waals surface area contributed by atoms with Crippen LogP contribution in [0.4, 0.5) is 0 Å². The first-order valence-corrected chi connectivity index (χ1v) is 7.27. The molecule has 0 aromatic heterocycles. The summed E-state index contributed by atoms with van der Waals surface area (Å²) in [7, 11) is -3.67. The molecule has 17 heavy (non-hydrogen) atoms. The van der Waals surface area contributed by atoms with Gasteiger partial charge in [0.05, 0.1) is 17.1 Å². The van der Waals surface area contributed by atoms with Gasteiger partial charge in [0.2, 0.25) is 10.0 Å². The van der Waals surface area contributed by atoms with Gasteiger partial charge in [-0.2, -0.15) is 4.31 Å². The minimum Gasteiger partial charge on any atom is -0.389 e. The highest BCUT2D eigenvalue weighted by Crippen LogP contribution is 2.27. The SMILES string of the molecule is O=S(=O)(c1ccccc1Br)N1CC(O)C(O)C1. The van der Waals surface area contributed by atoms with Crippen molar-refractivity contribution in [2.45, 2.75) is 17.1 Å². The maximum Gasteiger partial charge on any atom is 0.244 e. The predicted octanol–water partition coefficient (Wildman–Crippen LogP) is 0.175. The van der Waals surface area contributed by atoms with E-state index in [2.05, 4.69) is 15.9 Å². The molecule has 5 nitrogen and oxygen atoms in total. The van der Waals surface area contributed by atoms with E-state index in [1.807, 2.05) is 0 Å². The van der Waals surface area contributed by atoms with Gasteiger partial charge >= 0.3 is 0 Å². The number of rotatable bonds is 2. The number of halogens is 1. The summed E-state index contributed by atoms with van der Waals surface area (Å²) in [5, 5.41) is 18.8. The van der Waals surface area contributed by atoms with Crippen LogP contribution >= 0.6 is 15.9 Å². The van der Waals surface area contributed by atoms with Gasteiger partial charge in [-0.05, 0) is 28.1 Å². The fourth-order valence-corrected chi connectivity index (χ4v) is 4.16. The molecule has 1 saturated heterocycles. The van der Waals surface area contributed by atoms with Crippen LogP contribution in [0.15, 0.2) is 33.6 Å². The van der Waals surface area contributed by atoms with E-state index in [1.165, 1.54) is 6.07 Å². The normalized spacial score (nSPS) is 26.3. The third-order valence-electron chi connectivity index (χ3n) is 2.68. The molecule has 2 N–H and O–H groups in total. The van der Waals surface area contributed by atoms with Crippen molar-refractivity contribution in [1.82, 2.24) is 4.31 Å². The van der Waals surface area contributed by atoms with E-state index >= 15 is 0 Å². The first-order chi connectivity index (χ1) is 7.93. The number of nitrogens with zero attached hydrogens (tertiary/aromatic N) is 1. The molecule has 0 spiro atoms. The lowest BCUT2D eigenvalue weighted by Gasteiger charge is -2.16. The molecular weight excluding hydrogens is 310 g/mol. The monoisotopic (exact) mass is 321 g/mol. The van der Waals surface area contributed by atoms with Gasteiger partial charge in [0, 0.05) is 17.6 Å². The molecular formula is C10H12BrNO4S. The molecule has 2 unspecified atom stereocenters. The third-order valence-corrected chi connectivity index (χ3v) is 5.52. The quantitative estimate of drug-likeness (QED) is 0.814. The average Bonchev–Trinajstić information content (AvgIpc) is 2.60. The summed E-state index contributed by atoms with van der Waals surface area (Å²) in [5.41, 5.74) is 0. The third kappa shape index (κ3) is 2.38. The molecule has 1 aromatic rings. The minimum atomic E-state index is -3.67. The fourth-order valence-electron chi connectivity index (χ4n) is 1.72. The summed E-state index contributed by atoms with van der Waals surface area (Å²) in [6.07, 6.45) is -2.04. The molecule has 0 radical (unpaired) electrons. The Kier molecular flexibility index (Phi) is 3.55. The van der Waals surface area contributed by atoms with Crippen molar-refractivity contribution in [2.75, 3.05) is 13.1 Å². The largest absolute Gasteiger partial charge is 0.389 e. The van der Waals surface area contributed by atoms with Crippen LogP contribution in [0.3, 0.4) is 0 Å². The first kappa shape index (κ1) is 13.0. The Morgan fingerprint density at radius 3 is 2.24 bits per heavy atom. The Labute approximate surface area is 108 Å². The average molecular weight is 322 g/mol. The Hall–Kier alpha value is -0.470. The number of aliphatic hydroxyl groups excluding tert-OH is 2. The molecule has 1 fully saturated rings. The summed E-state index contributed by atoms with van der Waals surface area (Å²) in [4.78, 5) is 0.140. The number of β-amino-alcohol motifs (C(OH)–C–C–N with tert-alkyl or cyclic N) is 2. The number of hydrogen-bond acceptors (Lipinski definition) is 4. The van der Waals surface area contributed by atoms with Gasteiger partial charge in [-0.3, -0.25) is 0 Å². The molecule has 0 bridgehead atoms. The number of hydrogen-bond donors (Lipinski definition) is 2. The van der Waals surface area contributed by atoms with Crippen LogP contribution in [-0.4, -0.2) is 48.2 Å². The second-order valence-corrected chi connectivity index (χ2v) is 6.65. The van der Waals surface area contributed by atoms with E-state index in [0.29, 0.717) is 4.47 Å². The summed E-state index contributed by atoms with van der Waals surface area (Å²) in [5.74, 6) is 0. The van der Waals surface area contributed by atoms with Crippen molar-refractivity contribution < 1.29 is 18.6 Å². The fraction of sp³-hybridized carbons (Fsp3) is 0.400. The highest BCUT2D eigenvalue weighted by molar-refractivity contribution is 9.10. The Morgan fingerprint density at radius 1 is 1.18 bits per heavy atom. The zero-order valence-electron chi connectivity index (χ0n) is 8.82. The molecule has 0 amide bonds. The first-order valence-electron chi connectivity index (χ1n) is 5.04. The lowest BCUT2D eigenvalue weighted by atomic mass is 10.3. The molecule has 0 aliphatic carbocycles. The maximum absolute atomic E-state index is 12.2. The smallest absolute Gasteiger partial charge is 0.244 e. The molecule has 1 aliphatic heterocycles. The Morgan fingerprint density at radius 2 is 1.71 bits per heavy atom. The summed E-state index contributed by atoms with van der Waals surface area (Å²) < 4.78 is 26.0. The second kappa shape index (κ2) is 4.66. The molecule has 1 aliphatic rings. The highest BCUT2D eigenvalue weighted by Gasteiger charge is 2.38. The number of aliphatic hydroxyl groups is 2. The van der Waals surface area contributed by atoms with Crippen molar-refractivity contribution >= 4 is 26.0 Å². The van der Waals surface area contributed by atoms with E-state index in [9.17, 15) is 18.6 Å². The molecule has 0 saturated carbocycles. The van der Waals surface area contributed by atoms with Crippen molar-refractivity contribution in [1.29, 1.82) is 0 Å². The van der Waals surface area contributed by atoms with Crippen LogP contribution in [0.25, 0.3) is 0 Å². The number of benzene rings is 1. The highest BCUT2D eigenvalue weighted by atomic mass is 79.9. The van der Waals surface area contributed by atoms with E-state index in [0.717, 1.165) is 4.31 Å². The van der Waals surface area contributed by atoms with Gasteiger partial charge in [0.1, 0.15) is 0 Å². The van der Waals surface area contributed by atoms with Crippen LogP contribution in [0.5, 0.6) is 0 Å². The van der Waals surface area contributed by atoms with Crippen LogP contribution in [0.2, 0.25) is 0 Å². The van der Waals surface area contributed by atoms with Gasteiger partial charge in [0.15, 0.2) is 0 Å². The maximum atomic E-state index is 12.2. The molecule has 2 atom stereocenters. The van der Waals surface area contributed by atoms with Gasteiger partial charge in [0.25, 0.3) is 0 Å². The van der Waals surface area contributed by atoms with Crippen molar-refractivity contribution in [3.05, 3.63) is 28.7 Å². The zero-order valence-corrected chi connectivity index (χ0v) is 11.2. The molecule has 2 rings (SSSR count). The molecule has 94 valence electrons. The molecule has 1 heterocycles. The summed E-state index contributed by atoms with van der Waals surface area (Å²) >= 11 is 3.18. The lowest BCUT2D eigenvalue weighted by Crippen LogP contribution is -2.30. The minimum absolute atomic E-state index is 0.0785. The van der Waals surface area contributed by atoms with Gasteiger partial charge in [-0.1, -0.05) is 12.1 Å². The second-order valence-electron chi connectivity index (χ2n) is 3.89. The lowest BCUT2D eigenvalue weighted by molar-refractivity contribution is 0.0572. The van der Waals surface area contributed by atoms with E-state index < -0.39 is 22.2 Å². The Balaban J connectivity index is 2.36. The van der Waals surface area contributed by atoms with Crippen LogP contribution in [0, 0.1) is 0 Å². The summed E-state index contributed by atoms with van der Waals surface area (Å²) in [6, 6.07) is 6.46. The summed E-state index contributed by atoms with van der Waals surface area (Å²) in [6.45, 7) is -0.157. The van der Waals surface area contributed by atoms with Gasteiger partial charge in [-0.25, -0.2) is 8.42 Å². The van der Waals surface area contributed by atoms with Crippen LogP contribution < -0.4 is 0 Å². The number of sulfonamides is 1. The Bertz CT molecular complexity index is 509. The van der Waals surface area contributed by atoms with Gasteiger partial charge in [-0.15, -0.1) is 0 Å². The van der Waals surface area contributed by atoms with Crippen LogP contribution in [0.1, 0.15) is 0 Å². The van der Waals surface area contributed by atoms with E-state index in [-0.39, 0.29) is 18.0 Å². The standard InChI is InChI=1S/C10H12BrNO4S/c11-7-3-1-2-4-10(7)17(15,16)12-5-8(13)9(14)6-12/h1-4,8-9,13-14H,5-6H2. The van der Waals surface area contributed by atoms with Crippen molar-refractivity contribution in [3.63, 3.8) is 0 Å². The van der Waals surface area contributed by atoms with Crippen molar-refractivity contribution in [3.8, 4) is 0 Å². The van der Waals surface area contributed by atoms with Crippen LogP contribution in [-0.2, 0) is 10.0 Å². The van der Waals surface area contributed by atoms with E-state index in [1.54, 1.807) is 18.2 Å².